The maximum Gasteiger partial charge on any atom is 0.233 e. The number of nitrogens with zero attached hydrogens (tertiary/aromatic N) is 3. The Morgan fingerprint density at radius 3 is 2.33 bits per heavy atom. The molecule has 3 rings (SSSR count). The Morgan fingerprint density at radius 1 is 1.11 bits per heavy atom. The molecule has 2 aliphatic rings. The summed E-state index contributed by atoms with van der Waals surface area (Å²) in [5, 5.41) is 0.0202. The van der Waals surface area contributed by atoms with Gasteiger partial charge in [-0.2, -0.15) is 0 Å². The first-order chi connectivity index (χ1) is 12.8. The monoisotopic (exact) mass is 389 g/mol. The number of carbonyl (C=O) groups is 2. The maximum atomic E-state index is 12.5. The van der Waals surface area contributed by atoms with Crippen molar-refractivity contribution in [3.05, 3.63) is 35.4 Å². The summed E-state index contributed by atoms with van der Waals surface area (Å²) < 4.78 is 0. The van der Waals surface area contributed by atoms with E-state index in [0.717, 1.165) is 31.7 Å². The summed E-state index contributed by atoms with van der Waals surface area (Å²) in [4.78, 5) is 31.0. The quantitative estimate of drug-likeness (QED) is 0.794. The van der Waals surface area contributed by atoms with Crippen LogP contribution in [0.5, 0.6) is 0 Å². The molecule has 1 aromatic rings. The molecule has 0 unspecified atom stereocenters. The van der Waals surface area contributed by atoms with Gasteiger partial charge in [-0.3, -0.25) is 9.59 Å². The summed E-state index contributed by atoms with van der Waals surface area (Å²) in [5.74, 6) is 0.791. The summed E-state index contributed by atoms with van der Waals surface area (Å²) in [6.45, 7) is 10.5. The van der Waals surface area contributed by atoms with Crippen LogP contribution < -0.4 is 0 Å². The van der Waals surface area contributed by atoms with E-state index in [2.05, 4.69) is 57.0 Å². The Hall–Kier alpha value is -1.53. The number of amides is 2. The van der Waals surface area contributed by atoms with E-state index < -0.39 is 0 Å². The maximum absolute atomic E-state index is 12.5. The van der Waals surface area contributed by atoms with E-state index in [1.54, 1.807) is 11.8 Å². The Labute approximate surface area is 167 Å². The van der Waals surface area contributed by atoms with E-state index >= 15 is 0 Å². The molecule has 1 aromatic carbocycles. The number of rotatable bonds is 4. The zero-order valence-electron chi connectivity index (χ0n) is 16.9. The number of benzene rings is 1. The third-order valence-corrected chi connectivity index (χ3v) is 6.71. The Morgan fingerprint density at radius 2 is 1.74 bits per heavy atom. The minimum Gasteiger partial charge on any atom is -0.340 e. The standard InChI is InChI=1S/C21H31N3O2S/c1-21(2,3)17-7-5-16(6-8-17)20-24(19(26)15-27-20)10-9-18(25)23-13-11-22(4)12-14-23/h5-8,20H,9-15H2,1-4H3/t20-/m0/s1. The molecule has 2 fully saturated rings. The van der Waals surface area contributed by atoms with E-state index in [4.69, 9.17) is 0 Å². The fraction of sp³-hybridized carbons (Fsp3) is 0.619. The number of hydrogen-bond acceptors (Lipinski definition) is 4. The normalized spacial score (nSPS) is 21.8. The number of hydrogen-bond donors (Lipinski definition) is 0. The van der Waals surface area contributed by atoms with Crippen LogP contribution in [0.1, 0.15) is 43.7 Å². The van der Waals surface area contributed by atoms with Crippen molar-refractivity contribution in [3.8, 4) is 0 Å². The number of likely N-dealkylation sites (N-methyl/N-ethyl adjacent to an activating group) is 1. The van der Waals surface area contributed by atoms with Crippen LogP contribution in [0.15, 0.2) is 24.3 Å². The predicted octanol–water partition coefficient (Wildman–Crippen LogP) is 2.72. The van der Waals surface area contributed by atoms with E-state index in [1.165, 1.54) is 5.56 Å². The highest BCUT2D eigenvalue weighted by Gasteiger charge is 2.33. The highest BCUT2D eigenvalue weighted by molar-refractivity contribution is 8.00. The van der Waals surface area contributed by atoms with Crippen LogP contribution in [-0.2, 0) is 15.0 Å². The SMILES string of the molecule is CN1CCN(C(=O)CCN2C(=O)CS[C@H]2c2ccc(C(C)(C)C)cc2)CC1. The van der Waals surface area contributed by atoms with E-state index in [-0.39, 0.29) is 22.6 Å². The summed E-state index contributed by atoms with van der Waals surface area (Å²) in [5.41, 5.74) is 2.55. The molecule has 0 N–H and O–H groups in total. The van der Waals surface area contributed by atoms with Gasteiger partial charge in [0.15, 0.2) is 0 Å². The van der Waals surface area contributed by atoms with Gasteiger partial charge in [0.25, 0.3) is 0 Å². The van der Waals surface area contributed by atoms with Crippen LogP contribution in [0, 0.1) is 0 Å². The molecule has 6 heteroatoms. The van der Waals surface area contributed by atoms with Gasteiger partial charge in [0.1, 0.15) is 5.37 Å². The zero-order chi connectivity index (χ0) is 19.6. The van der Waals surface area contributed by atoms with Gasteiger partial charge in [-0.05, 0) is 23.6 Å². The molecule has 1 atom stereocenters. The van der Waals surface area contributed by atoms with Crippen molar-refractivity contribution in [2.45, 2.75) is 38.0 Å². The molecule has 148 valence electrons. The first-order valence-electron chi connectivity index (χ1n) is 9.73. The lowest BCUT2D eigenvalue weighted by Gasteiger charge is -2.33. The van der Waals surface area contributed by atoms with Crippen LogP contribution in [0.4, 0.5) is 0 Å². The van der Waals surface area contributed by atoms with Crippen molar-refractivity contribution in [2.75, 3.05) is 45.5 Å². The lowest BCUT2D eigenvalue weighted by Crippen LogP contribution is -2.47. The zero-order valence-corrected chi connectivity index (χ0v) is 17.7. The first kappa shape index (κ1) is 20.2. The van der Waals surface area contributed by atoms with Crippen LogP contribution in [0.3, 0.4) is 0 Å². The molecule has 0 spiro atoms. The number of carbonyl (C=O) groups excluding carboxylic acids is 2. The average Bonchev–Trinajstić information content (AvgIpc) is 3.00. The Kier molecular flexibility index (Phi) is 6.16. The summed E-state index contributed by atoms with van der Waals surface area (Å²) in [7, 11) is 2.08. The molecule has 2 heterocycles. The molecule has 2 aliphatic heterocycles. The van der Waals surface area contributed by atoms with Crippen LogP contribution in [0.2, 0.25) is 0 Å². The topological polar surface area (TPSA) is 43.9 Å². The fourth-order valence-corrected chi connectivity index (χ4v) is 4.77. The van der Waals surface area contributed by atoms with Crippen LogP contribution >= 0.6 is 11.8 Å². The van der Waals surface area contributed by atoms with Gasteiger partial charge < -0.3 is 14.7 Å². The lowest BCUT2D eigenvalue weighted by molar-refractivity contribution is -0.134. The largest absolute Gasteiger partial charge is 0.340 e. The van der Waals surface area contributed by atoms with Crippen LogP contribution in [-0.4, -0.2) is 72.0 Å². The second-order valence-corrected chi connectivity index (χ2v) is 9.63. The Balaban J connectivity index is 1.62. The van der Waals surface area contributed by atoms with Gasteiger partial charge in [-0.15, -0.1) is 11.8 Å². The van der Waals surface area contributed by atoms with Crippen molar-refractivity contribution in [1.82, 2.24) is 14.7 Å². The fourth-order valence-electron chi connectivity index (χ4n) is 3.55. The summed E-state index contributed by atoms with van der Waals surface area (Å²) in [6, 6.07) is 8.58. The highest BCUT2D eigenvalue weighted by atomic mass is 32.2. The molecule has 0 bridgehead atoms. The van der Waals surface area contributed by atoms with Crippen molar-refractivity contribution in [2.24, 2.45) is 0 Å². The minimum atomic E-state index is 0.0202. The molecule has 2 saturated heterocycles. The van der Waals surface area contributed by atoms with Gasteiger partial charge >= 0.3 is 0 Å². The van der Waals surface area contributed by atoms with Crippen molar-refractivity contribution < 1.29 is 9.59 Å². The predicted molar refractivity (Wildman–Crippen MR) is 111 cm³/mol. The van der Waals surface area contributed by atoms with E-state index in [9.17, 15) is 9.59 Å². The van der Waals surface area contributed by atoms with Crippen molar-refractivity contribution in [1.29, 1.82) is 0 Å². The smallest absolute Gasteiger partial charge is 0.233 e. The minimum absolute atomic E-state index is 0.0202. The van der Waals surface area contributed by atoms with E-state index in [1.807, 2.05) is 9.80 Å². The molecule has 0 radical (unpaired) electrons. The van der Waals surface area contributed by atoms with Gasteiger partial charge in [0, 0.05) is 39.1 Å². The summed E-state index contributed by atoms with van der Waals surface area (Å²) >= 11 is 1.66. The molecule has 5 nitrogen and oxygen atoms in total. The molecule has 0 aromatic heterocycles. The van der Waals surface area contributed by atoms with E-state index in [0.29, 0.717) is 18.7 Å². The third kappa shape index (κ3) is 4.85. The molecule has 0 saturated carbocycles. The summed E-state index contributed by atoms with van der Waals surface area (Å²) in [6.07, 6.45) is 0.409. The second kappa shape index (κ2) is 8.23. The van der Waals surface area contributed by atoms with Crippen molar-refractivity contribution >= 4 is 23.6 Å². The molecule has 2 amide bonds. The van der Waals surface area contributed by atoms with Gasteiger partial charge in [0.05, 0.1) is 5.75 Å². The van der Waals surface area contributed by atoms with Gasteiger partial charge in [-0.1, -0.05) is 45.0 Å². The molecule has 27 heavy (non-hydrogen) atoms. The molecule has 0 aliphatic carbocycles. The first-order valence-corrected chi connectivity index (χ1v) is 10.8. The Bertz CT molecular complexity index is 676. The third-order valence-electron chi connectivity index (χ3n) is 5.45. The number of piperazine rings is 1. The van der Waals surface area contributed by atoms with Gasteiger partial charge in [-0.25, -0.2) is 0 Å². The average molecular weight is 390 g/mol. The number of thioether (sulfide) groups is 1. The van der Waals surface area contributed by atoms with Gasteiger partial charge in [0.2, 0.25) is 11.8 Å². The second-order valence-electron chi connectivity index (χ2n) is 8.56. The van der Waals surface area contributed by atoms with Crippen molar-refractivity contribution in [3.63, 3.8) is 0 Å². The molecular formula is C21H31N3O2S. The molecular weight excluding hydrogens is 358 g/mol. The lowest BCUT2D eigenvalue weighted by atomic mass is 9.86. The highest BCUT2D eigenvalue weighted by Crippen LogP contribution is 2.39. The van der Waals surface area contributed by atoms with Crippen LogP contribution in [0.25, 0.3) is 0 Å².